The number of hydrogen-bond acceptors (Lipinski definition) is 2. The minimum absolute atomic E-state index is 0.447. The molecule has 0 aliphatic carbocycles. The van der Waals surface area contributed by atoms with Gasteiger partial charge >= 0.3 is 0 Å². The Labute approximate surface area is 102 Å². The fourth-order valence-electron chi connectivity index (χ4n) is 1.55. The third kappa shape index (κ3) is 4.12. The van der Waals surface area contributed by atoms with E-state index in [9.17, 15) is 0 Å². The summed E-state index contributed by atoms with van der Waals surface area (Å²) in [6, 6.07) is 12.2. The van der Waals surface area contributed by atoms with Crippen LogP contribution in [0.4, 0.5) is 5.69 Å². The second kappa shape index (κ2) is 7.14. The van der Waals surface area contributed by atoms with Crippen molar-refractivity contribution in [1.82, 2.24) is 0 Å². The van der Waals surface area contributed by atoms with Crippen molar-refractivity contribution in [2.75, 3.05) is 18.0 Å². The summed E-state index contributed by atoms with van der Waals surface area (Å²) in [5, 5.41) is 8.30. The first kappa shape index (κ1) is 12.9. The van der Waals surface area contributed by atoms with Gasteiger partial charge in [-0.05, 0) is 18.6 Å². The molecule has 0 aromatic heterocycles. The average molecular weight is 237 g/mol. The number of halogens is 1. The van der Waals surface area contributed by atoms with E-state index in [-0.39, 0.29) is 0 Å². The maximum atomic E-state index is 8.75. The van der Waals surface area contributed by atoms with Crippen molar-refractivity contribution in [2.45, 2.75) is 25.1 Å². The van der Waals surface area contributed by atoms with Gasteiger partial charge in [0.05, 0.1) is 6.07 Å². The quantitative estimate of drug-likeness (QED) is 0.708. The summed E-state index contributed by atoms with van der Waals surface area (Å²) in [6.45, 7) is 3.69. The van der Waals surface area contributed by atoms with Crippen molar-refractivity contribution in [3.05, 3.63) is 30.3 Å². The largest absolute Gasteiger partial charge is 0.369 e. The second-order valence-electron chi connectivity index (χ2n) is 3.73. The fourth-order valence-corrected chi connectivity index (χ4v) is 1.71. The molecule has 0 bridgehead atoms. The zero-order valence-corrected chi connectivity index (χ0v) is 10.3. The average Bonchev–Trinajstić information content (AvgIpc) is 2.35. The van der Waals surface area contributed by atoms with Crippen LogP contribution in [0.15, 0.2) is 30.3 Å². The summed E-state index contributed by atoms with van der Waals surface area (Å²) in [6.07, 6.45) is 2.26. The lowest BCUT2D eigenvalue weighted by Gasteiger charge is -2.25. The SMILES string of the molecule is CCCCN(CC(Cl)C#N)c1ccccc1. The maximum Gasteiger partial charge on any atom is 0.137 e. The number of alkyl halides is 1. The van der Waals surface area contributed by atoms with Crippen LogP contribution in [0.2, 0.25) is 0 Å². The predicted octanol–water partition coefficient (Wildman–Crippen LogP) is 3.42. The highest BCUT2D eigenvalue weighted by Crippen LogP contribution is 2.15. The molecule has 0 N–H and O–H groups in total. The van der Waals surface area contributed by atoms with E-state index in [0.29, 0.717) is 6.54 Å². The van der Waals surface area contributed by atoms with Gasteiger partial charge in [-0.3, -0.25) is 0 Å². The lowest BCUT2D eigenvalue weighted by atomic mass is 10.2. The van der Waals surface area contributed by atoms with Gasteiger partial charge in [-0.1, -0.05) is 31.5 Å². The van der Waals surface area contributed by atoms with Crippen LogP contribution in [0.3, 0.4) is 0 Å². The van der Waals surface area contributed by atoms with Crippen molar-refractivity contribution < 1.29 is 0 Å². The highest BCUT2D eigenvalue weighted by molar-refractivity contribution is 6.22. The molecule has 0 radical (unpaired) electrons. The molecular weight excluding hydrogens is 220 g/mol. The molecule has 1 atom stereocenters. The highest BCUT2D eigenvalue weighted by atomic mass is 35.5. The van der Waals surface area contributed by atoms with Gasteiger partial charge in [-0.15, -0.1) is 11.6 Å². The zero-order valence-electron chi connectivity index (χ0n) is 9.56. The van der Waals surface area contributed by atoms with Gasteiger partial charge in [0.2, 0.25) is 0 Å². The van der Waals surface area contributed by atoms with Gasteiger partial charge in [-0.25, -0.2) is 0 Å². The molecule has 86 valence electrons. The number of anilines is 1. The van der Waals surface area contributed by atoms with Gasteiger partial charge in [0, 0.05) is 18.8 Å². The van der Waals surface area contributed by atoms with Gasteiger partial charge in [-0.2, -0.15) is 5.26 Å². The Morgan fingerprint density at radius 1 is 1.38 bits per heavy atom. The molecular formula is C13H17ClN2. The summed E-state index contributed by atoms with van der Waals surface area (Å²) in [5.74, 6) is 0. The van der Waals surface area contributed by atoms with Gasteiger partial charge < -0.3 is 4.90 Å². The van der Waals surface area contributed by atoms with Gasteiger partial charge in [0.25, 0.3) is 0 Å². The van der Waals surface area contributed by atoms with Gasteiger partial charge in [0.15, 0.2) is 0 Å². The molecule has 0 fully saturated rings. The molecule has 0 aliphatic rings. The fraction of sp³-hybridized carbons (Fsp3) is 0.462. The summed E-state index contributed by atoms with van der Waals surface area (Å²) in [5.41, 5.74) is 1.14. The summed E-state index contributed by atoms with van der Waals surface area (Å²) in [7, 11) is 0. The standard InChI is InChI=1S/C13H17ClN2/c1-2-3-9-16(11-12(14)10-15)13-7-5-4-6-8-13/h4-8,12H,2-3,9,11H2,1H3. The Balaban J connectivity index is 2.68. The molecule has 0 amide bonds. The molecule has 1 rings (SSSR count). The van der Waals surface area contributed by atoms with Crippen molar-refractivity contribution >= 4 is 17.3 Å². The molecule has 0 saturated carbocycles. The highest BCUT2D eigenvalue weighted by Gasteiger charge is 2.10. The number of rotatable bonds is 6. The topological polar surface area (TPSA) is 27.0 Å². The molecule has 0 aliphatic heterocycles. The van der Waals surface area contributed by atoms with Crippen LogP contribution < -0.4 is 4.90 Å². The van der Waals surface area contributed by atoms with Crippen molar-refractivity contribution in [2.24, 2.45) is 0 Å². The predicted molar refractivity (Wildman–Crippen MR) is 68.8 cm³/mol. The van der Waals surface area contributed by atoms with E-state index in [2.05, 4.69) is 30.0 Å². The molecule has 0 spiro atoms. The van der Waals surface area contributed by atoms with Crippen LogP contribution in [-0.4, -0.2) is 18.5 Å². The summed E-state index contributed by atoms with van der Waals surface area (Å²) < 4.78 is 0. The number of benzene rings is 1. The Hall–Kier alpha value is -1.20. The molecule has 1 aromatic carbocycles. The van der Waals surface area contributed by atoms with E-state index in [1.165, 1.54) is 0 Å². The number of unbranched alkanes of at least 4 members (excludes halogenated alkanes) is 1. The number of nitrogens with zero attached hydrogens (tertiary/aromatic N) is 2. The lowest BCUT2D eigenvalue weighted by molar-refractivity contribution is 0.720. The molecule has 3 heteroatoms. The van der Waals surface area contributed by atoms with E-state index in [1.807, 2.05) is 18.2 Å². The van der Waals surface area contributed by atoms with Crippen molar-refractivity contribution in [1.29, 1.82) is 5.26 Å². The second-order valence-corrected chi connectivity index (χ2v) is 4.26. The van der Waals surface area contributed by atoms with E-state index < -0.39 is 5.38 Å². The van der Waals surface area contributed by atoms with Crippen LogP contribution in [0.5, 0.6) is 0 Å². The number of hydrogen-bond donors (Lipinski definition) is 0. The first-order valence-electron chi connectivity index (χ1n) is 5.61. The van der Waals surface area contributed by atoms with E-state index in [1.54, 1.807) is 0 Å². The molecule has 1 aromatic rings. The van der Waals surface area contributed by atoms with Gasteiger partial charge in [0.1, 0.15) is 5.38 Å². The van der Waals surface area contributed by atoms with Crippen LogP contribution in [0, 0.1) is 11.3 Å². The minimum Gasteiger partial charge on any atom is -0.369 e. The first-order valence-corrected chi connectivity index (χ1v) is 6.05. The number of nitriles is 1. The Morgan fingerprint density at radius 3 is 2.62 bits per heavy atom. The van der Waals surface area contributed by atoms with Crippen LogP contribution in [0.25, 0.3) is 0 Å². The summed E-state index contributed by atoms with van der Waals surface area (Å²) >= 11 is 5.89. The van der Waals surface area contributed by atoms with E-state index in [0.717, 1.165) is 25.1 Å². The van der Waals surface area contributed by atoms with E-state index >= 15 is 0 Å². The van der Waals surface area contributed by atoms with E-state index in [4.69, 9.17) is 16.9 Å². The third-order valence-electron chi connectivity index (χ3n) is 2.42. The smallest absolute Gasteiger partial charge is 0.137 e. The van der Waals surface area contributed by atoms with Crippen molar-refractivity contribution in [3.8, 4) is 6.07 Å². The monoisotopic (exact) mass is 236 g/mol. The minimum atomic E-state index is -0.447. The molecule has 16 heavy (non-hydrogen) atoms. The molecule has 1 unspecified atom stereocenters. The number of para-hydroxylation sites is 1. The van der Waals surface area contributed by atoms with Crippen LogP contribution >= 0.6 is 11.6 Å². The Bertz CT molecular complexity index is 332. The lowest BCUT2D eigenvalue weighted by Crippen LogP contribution is -2.30. The molecule has 0 heterocycles. The Kier molecular flexibility index (Phi) is 5.74. The molecule has 0 saturated heterocycles. The Morgan fingerprint density at radius 2 is 2.06 bits per heavy atom. The van der Waals surface area contributed by atoms with Crippen LogP contribution in [-0.2, 0) is 0 Å². The molecule has 2 nitrogen and oxygen atoms in total. The third-order valence-corrected chi connectivity index (χ3v) is 2.66. The summed E-state index contributed by atoms with van der Waals surface area (Å²) in [4.78, 5) is 2.17. The van der Waals surface area contributed by atoms with Crippen molar-refractivity contribution in [3.63, 3.8) is 0 Å². The maximum absolute atomic E-state index is 8.75. The first-order chi connectivity index (χ1) is 7.77. The zero-order chi connectivity index (χ0) is 11.8. The van der Waals surface area contributed by atoms with Crippen LogP contribution in [0.1, 0.15) is 19.8 Å². The normalized spacial score (nSPS) is 11.8.